The zero-order chi connectivity index (χ0) is 35.9. The zero-order valence-corrected chi connectivity index (χ0v) is 28.7. The van der Waals surface area contributed by atoms with Crippen molar-refractivity contribution in [2.45, 2.75) is 19.6 Å². The van der Waals surface area contributed by atoms with Crippen LogP contribution in [0.25, 0.3) is 22.0 Å². The van der Waals surface area contributed by atoms with Crippen LogP contribution in [0.15, 0.2) is 109 Å². The first-order valence-corrected chi connectivity index (χ1v) is 17.2. The van der Waals surface area contributed by atoms with E-state index in [9.17, 15) is 14.0 Å². The highest BCUT2D eigenvalue weighted by atomic mass is 19.1. The standard InChI is InChI=1S/C40H38FN7O4/c1-51-38-15-14-34(33-8-2-3-9-35(33)38)37-26-48(45-44-37)19-5-17-43-39(49)36-24-29(16-18-42-36)40(50)47-22-20-46(21-23-47)31-6-4-7-32(25-31)52-27-28-10-12-30(41)13-11-28/h2-4,6-16,18,24-26H,5,17,19-23,27H2,1H3,(H,43,49). The molecule has 52 heavy (non-hydrogen) atoms. The number of carbonyl (C=O) groups excluding carboxylic acids is 2. The molecule has 0 radical (unpaired) electrons. The average molecular weight is 700 g/mol. The van der Waals surface area contributed by atoms with E-state index in [1.165, 1.54) is 18.3 Å². The van der Waals surface area contributed by atoms with E-state index in [2.05, 4.69) is 25.5 Å². The number of nitrogens with zero attached hydrogens (tertiary/aromatic N) is 6. The van der Waals surface area contributed by atoms with Crippen LogP contribution in [0.2, 0.25) is 0 Å². The number of nitrogens with one attached hydrogen (secondary N) is 1. The number of pyridine rings is 1. The Morgan fingerprint density at radius 3 is 2.50 bits per heavy atom. The van der Waals surface area contributed by atoms with Gasteiger partial charge in [-0.2, -0.15) is 0 Å². The van der Waals surface area contributed by atoms with Gasteiger partial charge in [0.1, 0.15) is 35.3 Å². The summed E-state index contributed by atoms with van der Waals surface area (Å²) in [7, 11) is 1.66. The van der Waals surface area contributed by atoms with Crippen LogP contribution < -0.4 is 19.7 Å². The number of ether oxygens (including phenoxy) is 2. The maximum atomic E-state index is 13.4. The summed E-state index contributed by atoms with van der Waals surface area (Å²) in [4.78, 5) is 34.6. The molecule has 1 aliphatic rings. The van der Waals surface area contributed by atoms with Crippen molar-refractivity contribution in [1.29, 1.82) is 0 Å². The Kier molecular flexibility index (Phi) is 10.3. The third kappa shape index (κ3) is 7.86. The van der Waals surface area contributed by atoms with E-state index >= 15 is 0 Å². The van der Waals surface area contributed by atoms with Gasteiger partial charge in [0.2, 0.25) is 0 Å². The van der Waals surface area contributed by atoms with Gasteiger partial charge in [-0.1, -0.05) is 47.7 Å². The largest absolute Gasteiger partial charge is 0.496 e. The summed E-state index contributed by atoms with van der Waals surface area (Å²) in [5.74, 6) is 0.759. The molecule has 0 saturated carbocycles. The lowest BCUT2D eigenvalue weighted by Gasteiger charge is -2.36. The number of piperazine rings is 1. The predicted octanol–water partition coefficient (Wildman–Crippen LogP) is 6.00. The van der Waals surface area contributed by atoms with Crippen molar-refractivity contribution in [3.8, 4) is 22.8 Å². The molecule has 12 heteroatoms. The number of aryl methyl sites for hydroxylation is 1. The van der Waals surface area contributed by atoms with Crippen LogP contribution in [0.4, 0.5) is 10.1 Å². The number of amides is 2. The Labute approximate surface area is 300 Å². The van der Waals surface area contributed by atoms with Crippen molar-refractivity contribution in [1.82, 2.24) is 30.2 Å². The number of fused-ring (bicyclic) bond motifs is 1. The Morgan fingerprint density at radius 2 is 1.69 bits per heavy atom. The predicted molar refractivity (Wildman–Crippen MR) is 196 cm³/mol. The highest BCUT2D eigenvalue weighted by molar-refractivity contribution is 6.00. The summed E-state index contributed by atoms with van der Waals surface area (Å²) in [6.45, 7) is 3.66. The molecule has 2 amide bonds. The normalized spacial score (nSPS) is 12.9. The second kappa shape index (κ2) is 15.7. The minimum absolute atomic E-state index is 0.140. The Balaban J connectivity index is 0.880. The van der Waals surface area contributed by atoms with Crippen molar-refractivity contribution < 1.29 is 23.5 Å². The number of carbonyl (C=O) groups is 2. The molecule has 7 rings (SSSR count). The molecule has 4 aromatic carbocycles. The maximum absolute atomic E-state index is 13.4. The quantitative estimate of drug-likeness (QED) is 0.155. The smallest absolute Gasteiger partial charge is 0.269 e. The molecule has 264 valence electrons. The first kappa shape index (κ1) is 34.2. The molecule has 0 spiro atoms. The second-order valence-corrected chi connectivity index (χ2v) is 12.5. The number of hydrogen-bond donors (Lipinski definition) is 1. The number of methoxy groups -OCH3 is 1. The van der Waals surface area contributed by atoms with Gasteiger partial charge < -0.3 is 24.6 Å². The first-order chi connectivity index (χ1) is 25.4. The lowest BCUT2D eigenvalue weighted by atomic mass is 10.0. The van der Waals surface area contributed by atoms with E-state index in [4.69, 9.17) is 9.47 Å². The van der Waals surface area contributed by atoms with Crippen LogP contribution in [0.5, 0.6) is 11.5 Å². The van der Waals surface area contributed by atoms with Gasteiger partial charge in [-0.15, -0.1) is 5.10 Å². The van der Waals surface area contributed by atoms with E-state index in [0.717, 1.165) is 39.0 Å². The van der Waals surface area contributed by atoms with Crippen LogP contribution in [-0.4, -0.2) is 76.5 Å². The van der Waals surface area contributed by atoms with Crippen molar-refractivity contribution in [2.24, 2.45) is 0 Å². The van der Waals surface area contributed by atoms with Crippen LogP contribution in [0.3, 0.4) is 0 Å². The molecular weight excluding hydrogens is 661 g/mol. The van der Waals surface area contributed by atoms with E-state index in [1.54, 1.807) is 41.0 Å². The monoisotopic (exact) mass is 699 g/mol. The van der Waals surface area contributed by atoms with E-state index < -0.39 is 0 Å². The topological polar surface area (TPSA) is 115 Å². The Bertz CT molecular complexity index is 2180. The van der Waals surface area contributed by atoms with E-state index in [0.29, 0.717) is 63.6 Å². The first-order valence-electron chi connectivity index (χ1n) is 17.2. The van der Waals surface area contributed by atoms with Gasteiger partial charge in [-0.3, -0.25) is 19.3 Å². The third-order valence-corrected chi connectivity index (χ3v) is 9.08. The molecular formula is C40H38FN7O4. The number of aromatic nitrogens is 4. The molecule has 1 N–H and O–H groups in total. The molecule has 0 atom stereocenters. The van der Waals surface area contributed by atoms with Crippen molar-refractivity contribution >= 4 is 28.3 Å². The van der Waals surface area contributed by atoms with Gasteiger partial charge in [0.25, 0.3) is 11.8 Å². The van der Waals surface area contributed by atoms with Crippen molar-refractivity contribution in [3.05, 3.63) is 132 Å². The van der Waals surface area contributed by atoms with Crippen LogP contribution in [-0.2, 0) is 13.2 Å². The molecule has 0 aliphatic carbocycles. The summed E-state index contributed by atoms with van der Waals surface area (Å²) in [5.41, 5.74) is 4.22. The molecule has 1 aliphatic heterocycles. The van der Waals surface area contributed by atoms with Gasteiger partial charge in [-0.25, -0.2) is 4.39 Å². The summed E-state index contributed by atoms with van der Waals surface area (Å²) in [6, 6.07) is 29.2. The average Bonchev–Trinajstić information content (AvgIpc) is 3.67. The zero-order valence-electron chi connectivity index (χ0n) is 28.7. The van der Waals surface area contributed by atoms with Crippen LogP contribution in [0, 0.1) is 5.82 Å². The van der Waals surface area contributed by atoms with Crippen LogP contribution in [0.1, 0.15) is 32.8 Å². The van der Waals surface area contributed by atoms with Gasteiger partial charge in [0.15, 0.2) is 0 Å². The summed E-state index contributed by atoms with van der Waals surface area (Å²) < 4.78 is 26.4. The van der Waals surface area contributed by atoms with Crippen molar-refractivity contribution in [3.63, 3.8) is 0 Å². The minimum atomic E-state index is -0.343. The van der Waals surface area contributed by atoms with Gasteiger partial charge in [0, 0.05) is 73.7 Å². The molecule has 2 aromatic heterocycles. The lowest BCUT2D eigenvalue weighted by molar-refractivity contribution is 0.0746. The number of anilines is 1. The molecule has 3 heterocycles. The highest BCUT2D eigenvalue weighted by Gasteiger charge is 2.23. The summed E-state index contributed by atoms with van der Waals surface area (Å²) in [6.07, 6.45) is 4.02. The fourth-order valence-electron chi connectivity index (χ4n) is 6.29. The molecule has 0 bridgehead atoms. The Morgan fingerprint density at radius 1 is 0.885 bits per heavy atom. The molecule has 0 unspecified atom stereocenters. The molecule has 1 saturated heterocycles. The fraction of sp³-hybridized carbons (Fsp3) is 0.225. The number of hydrogen-bond acceptors (Lipinski definition) is 8. The van der Waals surface area contributed by atoms with E-state index in [1.807, 2.05) is 66.9 Å². The van der Waals surface area contributed by atoms with Crippen molar-refractivity contribution in [2.75, 3.05) is 44.7 Å². The SMILES string of the molecule is COc1ccc(-c2cn(CCCNC(=O)c3cc(C(=O)N4CCN(c5cccc(OCc6ccc(F)cc6)c5)CC4)ccn3)nn2)c2ccccc12. The summed E-state index contributed by atoms with van der Waals surface area (Å²) in [5, 5.41) is 13.6. The number of halogens is 1. The van der Waals surface area contributed by atoms with Gasteiger partial charge in [-0.05, 0) is 65.9 Å². The fourth-order valence-corrected chi connectivity index (χ4v) is 6.29. The number of rotatable bonds is 12. The Hall–Kier alpha value is -6.30. The maximum Gasteiger partial charge on any atom is 0.269 e. The molecule has 11 nitrogen and oxygen atoms in total. The number of benzene rings is 4. The lowest BCUT2D eigenvalue weighted by Crippen LogP contribution is -2.48. The minimum Gasteiger partial charge on any atom is -0.496 e. The summed E-state index contributed by atoms with van der Waals surface area (Å²) >= 11 is 0. The molecule has 1 fully saturated rings. The molecule has 6 aromatic rings. The van der Waals surface area contributed by atoms with Crippen LogP contribution >= 0.6 is 0 Å². The van der Waals surface area contributed by atoms with E-state index in [-0.39, 0.29) is 23.3 Å². The third-order valence-electron chi connectivity index (χ3n) is 9.08. The van der Waals surface area contributed by atoms with Gasteiger partial charge >= 0.3 is 0 Å². The second-order valence-electron chi connectivity index (χ2n) is 12.5. The highest BCUT2D eigenvalue weighted by Crippen LogP contribution is 2.33. The van der Waals surface area contributed by atoms with Gasteiger partial charge in [0.05, 0.1) is 13.3 Å².